The Morgan fingerprint density at radius 1 is 1.30 bits per heavy atom. The van der Waals surface area contributed by atoms with Crippen molar-refractivity contribution in [3.63, 3.8) is 0 Å². The highest BCUT2D eigenvalue weighted by Crippen LogP contribution is 2.24. The van der Waals surface area contributed by atoms with Gasteiger partial charge < -0.3 is 11.1 Å². The van der Waals surface area contributed by atoms with Gasteiger partial charge in [-0.25, -0.2) is 4.39 Å². The number of hydrogen-bond acceptors (Lipinski definition) is 3. The first-order chi connectivity index (χ1) is 11.0. The van der Waals surface area contributed by atoms with Crippen LogP contribution in [-0.4, -0.2) is 12.5 Å². The minimum atomic E-state index is -0.428. The van der Waals surface area contributed by atoms with E-state index in [1.165, 1.54) is 12.1 Å². The van der Waals surface area contributed by atoms with Gasteiger partial charge in [0.15, 0.2) is 0 Å². The van der Waals surface area contributed by atoms with Crippen LogP contribution >= 0.6 is 15.9 Å². The number of benzene rings is 2. The van der Waals surface area contributed by atoms with Crippen LogP contribution in [0.1, 0.15) is 11.1 Å². The number of hydrogen-bond donors (Lipinski definition) is 2. The van der Waals surface area contributed by atoms with Gasteiger partial charge in [0.2, 0.25) is 5.91 Å². The topological polar surface area (TPSA) is 78.9 Å². The summed E-state index contributed by atoms with van der Waals surface area (Å²) < 4.78 is 13.7. The molecule has 2 aromatic rings. The van der Waals surface area contributed by atoms with Crippen LogP contribution in [0.3, 0.4) is 0 Å². The van der Waals surface area contributed by atoms with Gasteiger partial charge in [-0.2, -0.15) is 5.26 Å². The first kappa shape index (κ1) is 17.0. The Hall–Kier alpha value is -2.39. The molecule has 1 unspecified atom stereocenters. The van der Waals surface area contributed by atoms with Gasteiger partial charge in [-0.05, 0) is 58.2 Å². The molecule has 6 heteroatoms. The zero-order chi connectivity index (χ0) is 16.8. The quantitative estimate of drug-likeness (QED) is 0.813. The molecule has 0 heterocycles. The summed E-state index contributed by atoms with van der Waals surface area (Å²) in [5.74, 6) is -1.17. The molecule has 118 valence electrons. The Bertz CT molecular complexity index is 740. The van der Waals surface area contributed by atoms with Crippen molar-refractivity contribution in [3.05, 3.63) is 63.9 Å². The van der Waals surface area contributed by atoms with Crippen LogP contribution < -0.4 is 11.1 Å². The van der Waals surface area contributed by atoms with E-state index < -0.39 is 11.8 Å². The average Bonchev–Trinajstić information content (AvgIpc) is 2.53. The van der Waals surface area contributed by atoms with Crippen molar-refractivity contribution < 1.29 is 9.18 Å². The van der Waals surface area contributed by atoms with Gasteiger partial charge in [-0.1, -0.05) is 12.1 Å². The molecule has 0 spiro atoms. The maximum atomic E-state index is 12.9. The standard InChI is InChI=1S/C17H15BrFN3O/c18-15-8-12(9-20)3-6-16(15)22-10-13(17(21)23)7-11-1-4-14(19)5-2-11/h1-6,8,13,22H,7,10H2,(H2,21,23). The molecular weight excluding hydrogens is 361 g/mol. The summed E-state index contributed by atoms with van der Waals surface area (Å²) in [7, 11) is 0. The van der Waals surface area contributed by atoms with Crippen LogP contribution in [0.25, 0.3) is 0 Å². The normalized spacial score (nSPS) is 11.5. The minimum Gasteiger partial charge on any atom is -0.383 e. The van der Waals surface area contributed by atoms with Gasteiger partial charge in [0.05, 0.1) is 17.6 Å². The SMILES string of the molecule is N#Cc1ccc(NCC(Cc2ccc(F)cc2)C(N)=O)c(Br)c1. The van der Waals surface area contributed by atoms with E-state index in [9.17, 15) is 9.18 Å². The van der Waals surface area contributed by atoms with Crippen LogP contribution in [0.4, 0.5) is 10.1 Å². The summed E-state index contributed by atoms with van der Waals surface area (Å²) >= 11 is 3.38. The number of carbonyl (C=O) groups is 1. The van der Waals surface area contributed by atoms with Gasteiger partial charge in [0.25, 0.3) is 0 Å². The van der Waals surface area contributed by atoms with Gasteiger partial charge >= 0.3 is 0 Å². The Morgan fingerprint density at radius 2 is 2.00 bits per heavy atom. The van der Waals surface area contributed by atoms with Crippen molar-refractivity contribution in [3.8, 4) is 6.07 Å². The molecule has 23 heavy (non-hydrogen) atoms. The molecule has 0 saturated carbocycles. The number of amides is 1. The van der Waals surface area contributed by atoms with Gasteiger partial charge in [-0.15, -0.1) is 0 Å². The summed E-state index contributed by atoms with van der Waals surface area (Å²) in [5.41, 5.74) is 7.61. The number of rotatable bonds is 6. The molecule has 4 nitrogen and oxygen atoms in total. The highest BCUT2D eigenvalue weighted by Gasteiger charge is 2.16. The second-order valence-electron chi connectivity index (χ2n) is 5.12. The Labute approximate surface area is 142 Å². The Balaban J connectivity index is 2.04. The first-order valence-corrected chi connectivity index (χ1v) is 7.76. The van der Waals surface area contributed by atoms with Crippen molar-refractivity contribution in [2.75, 3.05) is 11.9 Å². The maximum Gasteiger partial charge on any atom is 0.222 e. The smallest absolute Gasteiger partial charge is 0.222 e. The third kappa shape index (κ3) is 4.80. The predicted octanol–water partition coefficient (Wildman–Crippen LogP) is 3.22. The van der Waals surface area contributed by atoms with E-state index in [-0.39, 0.29) is 5.82 Å². The molecule has 0 radical (unpaired) electrons. The number of primary amides is 1. The van der Waals surface area contributed by atoms with Crippen LogP contribution in [0.15, 0.2) is 46.9 Å². The molecule has 0 aromatic heterocycles. The zero-order valence-electron chi connectivity index (χ0n) is 12.2. The predicted molar refractivity (Wildman–Crippen MR) is 90.1 cm³/mol. The number of nitriles is 1. The lowest BCUT2D eigenvalue weighted by Crippen LogP contribution is -2.31. The highest BCUT2D eigenvalue weighted by molar-refractivity contribution is 9.10. The van der Waals surface area contributed by atoms with Gasteiger partial charge in [0.1, 0.15) is 5.82 Å². The fourth-order valence-electron chi connectivity index (χ4n) is 2.14. The molecule has 2 rings (SSSR count). The third-order valence-corrected chi connectivity index (χ3v) is 4.09. The number of carbonyl (C=O) groups excluding carboxylic acids is 1. The van der Waals surface area contributed by atoms with Crippen LogP contribution in [0.2, 0.25) is 0 Å². The van der Waals surface area contributed by atoms with Crippen LogP contribution in [0, 0.1) is 23.1 Å². The largest absolute Gasteiger partial charge is 0.383 e. The van der Waals surface area contributed by atoms with E-state index in [0.717, 1.165) is 15.7 Å². The molecule has 2 aromatic carbocycles. The summed E-state index contributed by atoms with van der Waals surface area (Å²) in [6.45, 7) is 0.344. The van der Waals surface area contributed by atoms with Gasteiger partial charge in [0, 0.05) is 16.7 Å². The van der Waals surface area contributed by atoms with Crippen molar-refractivity contribution in [1.29, 1.82) is 5.26 Å². The lowest BCUT2D eigenvalue weighted by atomic mass is 9.98. The Kier molecular flexibility index (Phi) is 5.72. The van der Waals surface area contributed by atoms with E-state index in [1.54, 1.807) is 30.3 Å². The zero-order valence-corrected chi connectivity index (χ0v) is 13.8. The number of nitrogens with two attached hydrogens (primary N) is 1. The number of nitrogens with zero attached hydrogens (tertiary/aromatic N) is 1. The molecule has 0 aliphatic heterocycles. The van der Waals surface area contributed by atoms with E-state index >= 15 is 0 Å². The second-order valence-corrected chi connectivity index (χ2v) is 5.97. The fourth-order valence-corrected chi connectivity index (χ4v) is 2.66. The molecule has 0 bridgehead atoms. The van der Waals surface area contributed by atoms with Crippen molar-refractivity contribution in [1.82, 2.24) is 0 Å². The van der Waals surface area contributed by atoms with Crippen molar-refractivity contribution in [2.24, 2.45) is 11.7 Å². The maximum absolute atomic E-state index is 12.9. The van der Waals surface area contributed by atoms with E-state index in [0.29, 0.717) is 18.5 Å². The summed E-state index contributed by atoms with van der Waals surface area (Å²) in [5, 5.41) is 12.0. The molecule has 0 aliphatic rings. The van der Waals surface area contributed by atoms with Crippen LogP contribution in [0.5, 0.6) is 0 Å². The Morgan fingerprint density at radius 3 is 2.57 bits per heavy atom. The number of anilines is 1. The molecule has 0 aliphatic carbocycles. The lowest BCUT2D eigenvalue weighted by molar-refractivity contribution is -0.121. The van der Waals surface area contributed by atoms with E-state index in [4.69, 9.17) is 11.0 Å². The number of halogens is 2. The van der Waals surface area contributed by atoms with E-state index in [1.807, 2.05) is 0 Å². The van der Waals surface area contributed by atoms with Gasteiger partial charge in [-0.3, -0.25) is 4.79 Å². The lowest BCUT2D eigenvalue weighted by Gasteiger charge is -2.16. The summed E-state index contributed by atoms with van der Waals surface area (Å²) in [6.07, 6.45) is 0.427. The molecule has 0 fully saturated rings. The summed E-state index contributed by atoms with van der Waals surface area (Å²) in [4.78, 5) is 11.6. The first-order valence-electron chi connectivity index (χ1n) is 6.97. The number of nitrogens with one attached hydrogen (secondary N) is 1. The molecule has 1 atom stereocenters. The van der Waals surface area contributed by atoms with E-state index in [2.05, 4.69) is 27.3 Å². The second kappa shape index (κ2) is 7.75. The molecular formula is C17H15BrFN3O. The average molecular weight is 376 g/mol. The molecule has 0 saturated heterocycles. The van der Waals surface area contributed by atoms with Crippen molar-refractivity contribution in [2.45, 2.75) is 6.42 Å². The molecule has 3 N–H and O–H groups in total. The monoisotopic (exact) mass is 375 g/mol. The van der Waals surface area contributed by atoms with Crippen LogP contribution in [-0.2, 0) is 11.2 Å². The highest BCUT2D eigenvalue weighted by atomic mass is 79.9. The minimum absolute atomic E-state index is 0.316. The fraction of sp³-hybridized carbons (Fsp3) is 0.176. The van der Waals surface area contributed by atoms with Crippen molar-refractivity contribution >= 4 is 27.5 Å². The molecule has 1 amide bonds. The third-order valence-electron chi connectivity index (χ3n) is 3.43. The summed E-state index contributed by atoms with van der Waals surface area (Å²) in [6, 6.07) is 13.2.